The third kappa shape index (κ3) is 4.32. The predicted molar refractivity (Wildman–Crippen MR) is 128 cm³/mol. The first kappa shape index (κ1) is 20.5. The van der Waals surface area contributed by atoms with Crippen LogP contribution in [0.3, 0.4) is 0 Å². The first-order valence-electron chi connectivity index (χ1n) is 10.7. The third-order valence-corrected chi connectivity index (χ3v) is 5.43. The first-order chi connectivity index (χ1) is 16.2. The summed E-state index contributed by atoms with van der Waals surface area (Å²) in [5.74, 6) is -0.157. The fourth-order valence-electron chi connectivity index (χ4n) is 3.76. The minimum Gasteiger partial charge on any atom is -0.447 e. The van der Waals surface area contributed by atoms with E-state index in [1.807, 2.05) is 71.5 Å². The van der Waals surface area contributed by atoms with Crippen molar-refractivity contribution in [2.75, 3.05) is 18.1 Å². The highest BCUT2D eigenvalue weighted by Crippen LogP contribution is 2.25. The molecule has 1 saturated heterocycles. The lowest BCUT2D eigenvalue weighted by atomic mass is 10.1. The van der Waals surface area contributed by atoms with E-state index < -0.39 is 6.09 Å². The number of ketones is 1. The summed E-state index contributed by atoms with van der Waals surface area (Å²) in [5, 5.41) is 4.77. The summed E-state index contributed by atoms with van der Waals surface area (Å²) in [7, 11) is 0. The number of nitrogens with zero attached hydrogens (tertiary/aromatic N) is 3. The van der Waals surface area contributed by atoms with E-state index in [9.17, 15) is 9.59 Å². The molecule has 1 aromatic heterocycles. The number of anilines is 1. The van der Waals surface area contributed by atoms with Crippen molar-refractivity contribution < 1.29 is 14.3 Å². The minimum absolute atomic E-state index is 0.157. The van der Waals surface area contributed by atoms with Gasteiger partial charge in [-0.3, -0.25) is 9.69 Å². The van der Waals surface area contributed by atoms with Gasteiger partial charge in [0.15, 0.2) is 5.78 Å². The SMILES string of the molecule is O=C(C=Cc1cn(-c2ccccc2)nc1-c1ccccc1)c1cccc(N2CCOC2=O)c1. The van der Waals surface area contributed by atoms with E-state index in [4.69, 9.17) is 9.84 Å². The number of carbonyl (C=O) groups excluding carboxylic acids is 2. The number of allylic oxidation sites excluding steroid dienone is 1. The van der Waals surface area contributed by atoms with Crippen molar-refractivity contribution >= 4 is 23.6 Å². The number of aromatic nitrogens is 2. The number of hydrogen-bond acceptors (Lipinski definition) is 4. The summed E-state index contributed by atoms with van der Waals surface area (Å²) in [6.45, 7) is 0.829. The molecule has 33 heavy (non-hydrogen) atoms. The average molecular weight is 435 g/mol. The molecule has 6 nitrogen and oxygen atoms in total. The Morgan fingerprint density at radius 3 is 2.36 bits per heavy atom. The Morgan fingerprint density at radius 1 is 0.909 bits per heavy atom. The molecule has 0 spiro atoms. The molecule has 0 atom stereocenters. The molecule has 5 rings (SSSR count). The maximum Gasteiger partial charge on any atom is 0.414 e. The van der Waals surface area contributed by atoms with Crippen molar-refractivity contribution in [2.45, 2.75) is 0 Å². The van der Waals surface area contributed by atoms with Crippen LogP contribution in [0.4, 0.5) is 10.5 Å². The molecule has 0 saturated carbocycles. The van der Waals surface area contributed by atoms with Crippen LogP contribution in [0.2, 0.25) is 0 Å². The van der Waals surface area contributed by atoms with Gasteiger partial charge in [-0.1, -0.05) is 60.7 Å². The highest BCUT2D eigenvalue weighted by Gasteiger charge is 2.23. The normalized spacial score (nSPS) is 13.5. The summed E-state index contributed by atoms with van der Waals surface area (Å²) in [4.78, 5) is 26.3. The predicted octanol–water partition coefficient (Wildman–Crippen LogP) is 5.39. The zero-order valence-electron chi connectivity index (χ0n) is 17.8. The number of para-hydroxylation sites is 1. The van der Waals surface area contributed by atoms with Gasteiger partial charge in [0, 0.05) is 28.6 Å². The lowest BCUT2D eigenvalue weighted by Crippen LogP contribution is -2.23. The molecule has 3 aromatic carbocycles. The van der Waals surface area contributed by atoms with Crippen LogP contribution in [0.5, 0.6) is 0 Å². The highest BCUT2D eigenvalue weighted by molar-refractivity contribution is 6.08. The van der Waals surface area contributed by atoms with Crippen LogP contribution in [0.25, 0.3) is 23.0 Å². The molecule has 0 bridgehead atoms. The van der Waals surface area contributed by atoms with Crippen molar-refractivity contribution in [1.82, 2.24) is 9.78 Å². The van der Waals surface area contributed by atoms with E-state index in [0.717, 1.165) is 22.5 Å². The fourth-order valence-corrected chi connectivity index (χ4v) is 3.76. The van der Waals surface area contributed by atoms with E-state index in [-0.39, 0.29) is 5.78 Å². The monoisotopic (exact) mass is 435 g/mol. The van der Waals surface area contributed by atoms with Crippen molar-refractivity contribution in [3.8, 4) is 16.9 Å². The average Bonchev–Trinajstić information content (AvgIpc) is 3.50. The molecule has 1 fully saturated rings. The van der Waals surface area contributed by atoms with Crippen LogP contribution in [0.1, 0.15) is 15.9 Å². The van der Waals surface area contributed by atoms with Crippen LogP contribution in [0.15, 0.2) is 97.2 Å². The summed E-state index contributed by atoms with van der Waals surface area (Å²) < 4.78 is 6.81. The van der Waals surface area contributed by atoms with Crippen LogP contribution in [0, 0.1) is 0 Å². The zero-order chi connectivity index (χ0) is 22.6. The van der Waals surface area contributed by atoms with Crippen molar-refractivity contribution in [3.63, 3.8) is 0 Å². The van der Waals surface area contributed by atoms with Crippen molar-refractivity contribution in [3.05, 3.63) is 108 Å². The van der Waals surface area contributed by atoms with Crippen LogP contribution >= 0.6 is 0 Å². The minimum atomic E-state index is -0.393. The van der Waals surface area contributed by atoms with Gasteiger partial charge < -0.3 is 4.74 Å². The zero-order valence-corrected chi connectivity index (χ0v) is 17.8. The number of rotatable bonds is 6. The Morgan fingerprint density at radius 2 is 1.64 bits per heavy atom. The Hall–Kier alpha value is -4.45. The second-order valence-electron chi connectivity index (χ2n) is 7.59. The van der Waals surface area contributed by atoms with Gasteiger partial charge in [-0.15, -0.1) is 0 Å². The molecule has 0 radical (unpaired) electrons. The van der Waals surface area contributed by atoms with E-state index in [1.165, 1.54) is 4.90 Å². The van der Waals surface area contributed by atoms with E-state index in [2.05, 4.69) is 0 Å². The number of ether oxygens (including phenoxy) is 1. The van der Waals surface area contributed by atoms with E-state index in [0.29, 0.717) is 24.4 Å². The summed E-state index contributed by atoms with van der Waals surface area (Å²) in [5.41, 5.74) is 4.67. The molecule has 0 N–H and O–H groups in total. The Bertz CT molecular complexity index is 1330. The van der Waals surface area contributed by atoms with Gasteiger partial charge in [0.2, 0.25) is 0 Å². The van der Waals surface area contributed by atoms with Gasteiger partial charge in [0.05, 0.1) is 17.9 Å². The molecule has 6 heteroatoms. The van der Waals surface area contributed by atoms with Gasteiger partial charge in [-0.2, -0.15) is 5.10 Å². The number of hydrogen-bond donors (Lipinski definition) is 0. The van der Waals surface area contributed by atoms with Gasteiger partial charge in [0.25, 0.3) is 0 Å². The molecule has 2 heterocycles. The molecule has 0 aliphatic carbocycles. The maximum atomic E-state index is 12.9. The second-order valence-corrected chi connectivity index (χ2v) is 7.59. The maximum absolute atomic E-state index is 12.9. The summed E-state index contributed by atoms with van der Waals surface area (Å²) in [6.07, 6.45) is 4.85. The molecule has 1 aliphatic rings. The Balaban J connectivity index is 1.46. The Labute approximate surface area is 191 Å². The van der Waals surface area contributed by atoms with E-state index >= 15 is 0 Å². The number of benzene rings is 3. The molecular weight excluding hydrogens is 414 g/mol. The van der Waals surface area contributed by atoms with Crippen LogP contribution < -0.4 is 4.90 Å². The largest absolute Gasteiger partial charge is 0.447 e. The molecule has 4 aromatic rings. The fraction of sp³-hybridized carbons (Fsp3) is 0.0741. The topological polar surface area (TPSA) is 64.4 Å². The quantitative estimate of drug-likeness (QED) is 0.301. The molecule has 162 valence electrons. The highest BCUT2D eigenvalue weighted by atomic mass is 16.6. The van der Waals surface area contributed by atoms with Crippen molar-refractivity contribution in [1.29, 1.82) is 0 Å². The lowest BCUT2D eigenvalue weighted by Gasteiger charge is -2.13. The smallest absolute Gasteiger partial charge is 0.414 e. The van der Waals surface area contributed by atoms with Gasteiger partial charge in [-0.05, 0) is 36.4 Å². The Kier molecular flexibility index (Phi) is 5.55. The van der Waals surface area contributed by atoms with Gasteiger partial charge in [0.1, 0.15) is 6.61 Å². The number of amides is 1. The lowest BCUT2D eigenvalue weighted by molar-refractivity contribution is 0.104. The van der Waals surface area contributed by atoms with Gasteiger partial charge >= 0.3 is 6.09 Å². The summed E-state index contributed by atoms with van der Waals surface area (Å²) >= 11 is 0. The second kappa shape index (κ2) is 8.96. The molecule has 1 aliphatic heterocycles. The molecule has 0 unspecified atom stereocenters. The van der Waals surface area contributed by atoms with Gasteiger partial charge in [-0.25, -0.2) is 9.48 Å². The number of carbonyl (C=O) groups is 2. The van der Waals surface area contributed by atoms with Crippen LogP contribution in [-0.2, 0) is 4.74 Å². The molecule has 1 amide bonds. The van der Waals surface area contributed by atoms with Crippen molar-refractivity contribution in [2.24, 2.45) is 0 Å². The molecular formula is C27H21N3O3. The van der Waals surface area contributed by atoms with E-state index in [1.54, 1.807) is 36.4 Å². The summed E-state index contributed by atoms with van der Waals surface area (Å²) in [6, 6.07) is 26.7. The van der Waals surface area contributed by atoms with Crippen LogP contribution in [-0.4, -0.2) is 34.8 Å². The third-order valence-electron chi connectivity index (χ3n) is 5.43. The number of cyclic esters (lactones) is 1. The first-order valence-corrected chi connectivity index (χ1v) is 10.7. The standard InChI is InChI=1S/C27H21N3O3/c31-25(21-10-7-13-24(18-21)29-16-17-33-27(29)32)15-14-22-19-30(23-11-5-2-6-12-23)28-26(22)20-8-3-1-4-9-20/h1-15,18-19H,16-17H2.